The number of benzene rings is 1. The van der Waals surface area contributed by atoms with Crippen LogP contribution in [0.15, 0.2) is 35.7 Å². The maximum Gasteiger partial charge on any atom is 0 e. The number of hydrogen-bond acceptors (Lipinski definition) is 1. The molecule has 2 rings (SSSR count). The SMILES string of the molecule is [Y].[c-]1ccccc1-c1[c-]ccs1. The molecule has 1 radical (unpaired) electrons. The van der Waals surface area contributed by atoms with E-state index in [0.717, 1.165) is 10.4 Å². The fraction of sp³-hybridized carbons (Fsp3) is 0. The first-order valence-corrected chi connectivity index (χ1v) is 4.27. The molecule has 0 aliphatic carbocycles. The summed E-state index contributed by atoms with van der Waals surface area (Å²) < 4.78 is 0. The van der Waals surface area contributed by atoms with Crippen molar-refractivity contribution in [3.8, 4) is 10.4 Å². The van der Waals surface area contributed by atoms with Gasteiger partial charge in [0.1, 0.15) is 0 Å². The molecule has 0 saturated heterocycles. The summed E-state index contributed by atoms with van der Waals surface area (Å²) in [4.78, 5) is 1.16. The van der Waals surface area contributed by atoms with E-state index in [1.165, 1.54) is 0 Å². The molecule has 2 heteroatoms. The van der Waals surface area contributed by atoms with Crippen molar-refractivity contribution in [1.82, 2.24) is 0 Å². The van der Waals surface area contributed by atoms with E-state index < -0.39 is 0 Å². The van der Waals surface area contributed by atoms with E-state index >= 15 is 0 Å². The third kappa shape index (κ3) is 2.26. The molecule has 0 N–H and O–H groups in total. The van der Waals surface area contributed by atoms with Crippen LogP contribution in [0.4, 0.5) is 0 Å². The van der Waals surface area contributed by atoms with E-state index in [2.05, 4.69) is 12.1 Å². The summed E-state index contributed by atoms with van der Waals surface area (Å²) in [7, 11) is 0. The maximum atomic E-state index is 3.15. The molecule has 0 fully saturated rings. The third-order valence-electron chi connectivity index (χ3n) is 1.42. The zero-order valence-corrected chi connectivity index (χ0v) is 10.1. The van der Waals surface area contributed by atoms with Crippen molar-refractivity contribution in [2.75, 3.05) is 0 Å². The van der Waals surface area contributed by atoms with Crippen LogP contribution in [-0.4, -0.2) is 0 Å². The van der Waals surface area contributed by atoms with Crippen molar-refractivity contribution < 1.29 is 32.7 Å². The summed E-state index contributed by atoms with van der Waals surface area (Å²) in [6.45, 7) is 0. The van der Waals surface area contributed by atoms with Gasteiger partial charge in [-0.25, -0.2) is 17.7 Å². The summed E-state index contributed by atoms with van der Waals surface area (Å²) in [5.74, 6) is 0. The van der Waals surface area contributed by atoms with Crippen molar-refractivity contribution in [2.45, 2.75) is 0 Å². The molecule has 0 atom stereocenters. The average molecular weight is 247 g/mol. The zero-order valence-electron chi connectivity index (χ0n) is 6.45. The molecule has 0 nitrogen and oxygen atoms in total. The molecule has 57 valence electrons. The van der Waals surface area contributed by atoms with Gasteiger partial charge in [0, 0.05) is 32.7 Å². The van der Waals surface area contributed by atoms with E-state index in [1.54, 1.807) is 11.3 Å². The largest absolute Gasteiger partial charge is 0.290 e. The van der Waals surface area contributed by atoms with Gasteiger partial charge in [-0.1, -0.05) is 0 Å². The standard InChI is InChI=1S/C10H6S.Y/c1-2-5-9(6-3-1)10-7-4-8-11-10;/h1-5,8H;/q-2;. The van der Waals surface area contributed by atoms with Gasteiger partial charge in [0.05, 0.1) is 0 Å². The van der Waals surface area contributed by atoms with E-state index in [0.29, 0.717) is 0 Å². The molecular weight excluding hydrogens is 241 g/mol. The van der Waals surface area contributed by atoms with Gasteiger partial charge in [0.25, 0.3) is 0 Å². The van der Waals surface area contributed by atoms with Crippen LogP contribution in [0, 0.1) is 12.1 Å². The van der Waals surface area contributed by atoms with Crippen molar-refractivity contribution >= 4 is 11.3 Å². The Morgan fingerprint density at radius 1 is 1.08 bits per heavy atom. The normalized spacial score (nSPS) is 9.00. The van der Waals surface area contributed by atoms with Crippen LogP contribution in [-0.2, 0) is 32.7 Å². The molecule has 1 aromatic heterocycles. The van der Waals surface area contributed by atoms with E-state index in [-0.39, 0.29) is 32.7 Å². The monoisotopic (exact) mass is 247 g/mol. The third-order valence-corrected chi connectivity index (χ3v) is 2.27. The first kappa shape index (κ1) is 10.1. The molecule has 0 amide bonds. The molecule has 0 bridgehead atoms. The molecule has 0 unspecified atom stereocenters. The first-order chi connectivity index (χ1) is 5.47. The van der Waals surface area contributed by atoms with Crippen LogP contribution >= 0.6 is 11.3 Å². The quantitative estimate of drug-likeness (QED) is 0.679. The predicted molar refractivity (Wildman–Crippen MR) is 47.4 cm³/mol. The zero-order chi connectivity index (χ0) is 7.52. The molecule has 0 spiro atoms. The Labute approximate surface area is 102 Å². The second kappa shape index (κ2) is 4.91. The second-order valence-corrected chi connectivity index (χ2v) is 3.09. The van der Waals surface area contributed by atoms with E-state index in [9.17, 15) is 0 Å². The Morgan fingerprint density at radius 2 is 2.00 bits per heavy atom. The minimum absolute atomic E-state index is 0. The van der Waals surface area contributed by atoms with Crippen LogP contribution in [0.3, 0.4) is 0 Å². The van der Waals surface area contributed by atoms with Crippen molar-refractivity contribution in [3.05, 3.63) is 47.8 Å². The molecule has 2 aromatic rings. The molecule has 0 saturated carbocycles. The minimum atomic E-state index is 0. The summed E-state index contributed by atoms with van der Waals surface area (Å²) in [5.41, 5.74) is 1.13. The molecule has 1 aromatic carbocycles. The van der Waals surface area contributed by atoms with Gasteiger partial charge in [-0.05, 0) is 0 Å². The summed E-state index contributed by atoms with van der Waals surface area (Å²) in [6, 6.07) is 16.2. The molecule has 1 heterocycles. The number of rotatable bonds is 1. The first-order valence-electron chi connectivity index (χ1n) is 3.39. The van der Waals surface area contributed by atoms with Crippen LogP contribution in [0.2, 0.25) is 0 Å². The number of thiophene rings is 1. The van der Waals surface area contributed by atoms with Crippen LogP contribution in [0.25, 0.3) is 10.4 Å². The minimum Gasteiger partial charge on any atom is -0.290 e. The van der Waals surface area contributed by atoms with Crippen LogP contribution in [0.1, 0.15) is 0 Å². The number of hydrogen-bond donors (Lipinski definition) is 0. The fourth-order valence-corrected chi connectivity index (χ4v) is 1.58. The van der Waals surface area contributed by atoms with Crippen molar-refractivity contribution in [2.24, 2.45) is 0 Å². The smallest absolute Gasteiger partial charge is 0 e. The molecule has 12 heavy (non-hydrogen) atoms. The Kier molecular flexibility index (Phi) is 4.13. The summed E-state index contributed by atoms with van der Waals surface area (Å²) in [6.07, 6.45) is 0. The Morgan fingerprint density at radius 3 is 2.58 bits per heavy atom. The van der Waals surface area contributed by atoms with Gasteiger partial charge in [-0.2, -0.15) is 29.1 Å². The van der Waals surface area contributed by atoms with Gasteiger partial charge >= 0.3 is 0 Å². The van der Waals surface area contributed by atoms with Crippen LogP contribution < -0.4 is 0 Å². The maximum absolute atomic E-state index is 3.15. The van der Waals surface area contributed by atoms with E-state index in [1.807, 2.05) is 35.7 Å². The summed E-state index contributed by atoms with van der Waals surface area (Å²) in [5, 5.41) is 2.02. The van der Waals surface area contributed by atoms with Gasteiger partial charge in [0.15, 0.2) is 0 Å². The second-order valence-electron chi connectivity index (χ2n) is 2.17. The molecule has 0 aliphatic heterocycles. The Bertz CT molecular complexity index is 313. The Balaban J connectivity index is 0.000000720. The van der Waals surface area contributed by atoms with Crippen molar-refractivity contribution in [3.63, 3.8) is 0 Å². The topological polar surface area (TPSA) is 0 Å². The van der Waals surface area contributed by atoms with Crippen molar-refractivity contribution in [1.29, 1.82) is 0 Å². The molecular formula is C10H6SY-2. The van der Waals surface area contributed by atoms with Gasteiger partial charge in [-0.3, -0.25) is 11.3 Å². The van der Waals surface area contributed by atoms with Crippen LogP contribution in [0.5, 0.6) is 0 Å². The Hall–Kier alpha value is 0.0239. The molecule has 0 aliphatic rings. The predicted octanol–water partition coefficient (Wildman–Crippen LogP) is 3.01. The van der Waals surface area contributed by atoms with Gasteiger partial charge < -0.3 is 0 Å². The van der Waals surface area contributed by atoms with E-state index in [4.69, 9.17) is 0 Å². The fourth-order valence-electron chi connectivity index (χ4n) is 0.922. The summed E-state index contributed by atoms with van der Waals surface area (Å²) >= 11 is 1.69. The van der Waals surface area contributed by atoms with Gasteiger partial charge in [-0.15, -0.1) is 11.4 Å². The van der Waals surface area contributed by atoms with Gasteiger partial charge in [0.2, 0.25) is 0 Å². The average Bonchev–Trinajstić information content (AvgIpc) is 2.58.